The molecule has 0 radical (unpaired) electrons. The number of Topliss-reactive ketones (excluding diaryl/α,β-unsaturated/α-hetero) is 1. The number of carbonyl (C=O) groups is 3. The number of fused-ring (bicyclic) bond motifs is 1. The van der Waals surface area contributed by atoms with Gasteiger partial charge in [0.1, 0.15) is 0 Å². The van der Waals surface area contributed by atoms with Gasteiger partial charge in [-0.1, -0.05) is 23.9 Å². The van der Waals surface area contributed by atoms with Crippen molar-refractivity contribution in [3.8, 4) is 11.5 Å². The fourth-order valence-corrected chi connectivity index (χ4v) is 5.98. The van der Waals surface area contributed by atoms with E-state index < -0.39 is 23.8 Å². The van der Waals surface area contributed by atoms with Gasteiger partial charge >= 0.3 is 11.9 Å². The molecule has 2 aliphatic rings. The lowest BCUT2D eigenvalue weighted by Crippen LogP contribution is -2.31. The highest BCUT2D eigenvalue weighted by molar-refractivity contribution is 8.19. The minimum atomic E-state index is -0.663. The molecule has 2 aromatic rings. The lowest BCUT2D eigenvalue weighted by molar-refractivity contribution is -0.139. The number of thiophene rings is 1. The number of nitrogens with zero attached hydrogens (tertiary/aromatic N) is 1. The van der Waals surface area contributed by atoms with Crippen LogP contribution >= 0.6 is 23.1 Å². The van der Waals surface area contributed by atoms with Gasteiger partial charge in [-0.05, 0) is 49.1 Å². The Balaban J connectivity index is 1.83. The third-order valence-electron chi connectivity index (χ3n) is 5.43. The quantitative estimate of drug-likeness (QED) is 0.315. The van der Waals surface area contributed by atoms with Gasteiger partial charge in [-0.25, -0.2) is 9.79 Å². The molecule has 34 heavy (non-hydrogen) atoms. The van der Waals surface area contributed by atoms with Gasteiger partial charge in [-0.3, -0.25) is 9.59 Å². The van der Waals surface area contributed by atoms with Crippen LogP contribution in [0.4, 0.5) is 0 Å². The van der Waals surface area contributed by atoms with Gasteiger partial charge in [0.2, 0.25) is 0 Å². The second kappa shape index (κ2) is 9.99. The van der Waals surface area contributed by atoms with Crippen LogP contribution in [0.25, 0.3) is 6.08 Å². The normalized spacial score (nSPS) is 20.8. The third kappa shape index (κ3) is 4.58. The van der Waals surface area contributed by atoms with Crippen molar-refractivity contribution in [2.24, 2.45) is 10.9 Å². The van der Waals surface area contributed by atoms with Gasteiger partial charge in [0, 0.05) is 23.4 Å². The first-order valence-electron chi connectivity index (χ1n) is 10.6. The van der Waals surface area contributed by atoms with Crippen LogP contribution in [0, 0.1) is 5.92 Å². The van der Waals surface area contributed by atoms with Crippen molar-refractivity contribution in [3.05, 3.63) is 62.3 Å². The summed E-state index contributed by atoms with van der Waals surface area (Å²) in [5.41, 5.74) is 1.51. The molecule has 0 amide bonds. The number of allylic oxidation sites excluding steroid dienone is 2. The lowest BCUT2D eigenvalue weighted by atomic mass is 9.76. The van der Waals surface area contributed by atoms with Crippen LogP contribution in [0.2, 0.25) is 0 Å². The molecule has 4 rings (SSSR count). The average molecular weight is 498 g/mol. The minimum absolute atomic E-state index is 0.0977. The van der Waals surface area contributed by atoms with Crippen LogP contribution in [0.5, 0.6) is 11.5 Å². The third-order valence-corrected chi connectivity index (χ3v) is 7.34. The molecular formula is C25H23NO6S2. The molecule has 2 aliphatic heterocycles. The largest absolute Gasteiger partial charge is 0.493 e. The number of thioether (sulfide) groups is 1. The molecule has 9 heteroatoms. The van der Waals surface area contributed by atoms with E-state index in [1.54, 1.807) is 43.4 Å². The van der Waals surface area contributed by atoms with Gasteiger partial charge in [-0.2, -0.15) is 0 Å². The Bertz CT molecular complexity index is 1240. The van der Waals surface area contributed by atoms with E-state index in [1.807, 2.05) is 23.6 Å². The molecule has 0 saturated carbocycles. The Labute approximate surface area is 205 Å². The average Bonchev–Trinajstić information content (AvgIpc) is 3.41. The molecular weight excluding hydrogens is 474 g/mol. The number of benzene rings is 1. The van der Waals surface area contributed by atoms with Crippen molar-refractivity contribution in [3.63, 3.8) is 0 Å². The number of esters is 2. The number of methoxy groups -OCH3 is 1. The first kappa shape index (κ1) is 24.0. The number of carbonyl (C=O) groups excluding carboxylic acids is 3. The summed E-state index contributed by atoms with van der Waals surface area (Å²) in [6.45, 7) is 4.98. The number of rotatable bonds is 6. The Morgan fingerprint density at radius 1 is 1.18 bits per heavy atom. The molecule has 7 nitrogen and oxygen atoms in total. The predicted molar refractivity (Wildman–Crippen MR) is 132 cm³/mol. The maximum absolute atomic E-state index is 13.6. The lowest BCUT2D eigenvalue weighted by Gasteiger charge is -2.29. The highest BCUT2D eigenvalue weighted by Gasteiger charge is 2.48. The van der Waals surface area contributed by atoms with Crippen LogP contribution in [-0.2, 0) is 19.1 Å². The number of aliphatic imine (C=N–C) groups is 1. The summed E-state index contributed by atoms with van der Waals surface area (Å²) in [6, 6.07) is 8.90. The summed E-state index contributed by atoms with van der Waals surface area (Å²) in [5, 5.41) is 2.59. The van der Waals surface area contributed by atoms with Crippen LogP contribution in [0.1, 0.15) is 37.1 Å². The molecule has 1 saturated heterocycles. The van der Waals surface area contributed by atoms with Gasteiger partial charge in [0.15, 0.2) is 17.3 Å². The standard InChI is InChI=1S/C25H23NO6S2/c1-5-31-25(29)20-13(2)26-24-22(23(28)19(34-24)12-16-7-6-10-33-16)21(20)15-8-9-17(32-14(3)27)18(11-15)30-4/h6-12,21-22H,5H2,1-4H3/b19-12+. The van der Waals surface area contributed by atoms with E-state index in [9.17, 15) is 14.4 Å². The summed E-state index contributed by atoms with van der Waals surface area (Å²) >= 11 is 2.87. The molecule has 0 N–H and O–H groups in total. The number of ether oxygens (including phenoxy) is 3. The summed E-state index contributed by atoms with van der Waals surface area (Å²) < 4.78 is 16.0. The highest BCUT2D eigenvalue weighted by atomic mass is 32.2. The van der Waals surface area contributed by atoms with E-state index in [0.717, 1.165) is 4.88 Å². The first-order valence-corrected chi connectivity index (χ1v) is 12.3. The molecule has 2 atom stereocenters. The van der Waals surface area contributed by atoms with E-state index in [4.69, 9.17) is 14.2 Å². The molecule has 2 unspecified atom stereocenters. The summed E-state index contributed by atoms with van der Waals surface area (Å²) in [7, 11) is 1.46. The number of hydrogen-bond acceptors (Lipinski definition) is 9. The molecule has 0 spiro atoms. The van der Waals surface area contributed by atoms with Crippen molar-refractivity contribution in [1.82, 2.24) is 0 Å². The van der Waals surface area contributed by atoms with Crippen molar-refractivity contribution < 1.29 is 28.6 Å². The van der Waals surface area contributed by atoms with E-state index in [-0.39, 0.29) is 18.1 Å². The molecule has 176 valence electrons. The zero-order chi connectivity index (χ0) is 24.4. The Morgan fingerprint density at radius 3 is 2.62 bits per heavy atom. The zero-order valence-electron chi connectivity index (χ0n) is 19.1. The predicted octanol–water partition coefficient (Wildman–Crippen LogP) is 4.99. The Morgan fingerprint density at radius 2 is 1.97 bits per heavy atom. The van der Waals surface area contributed by atoms with Crippen molar-refractivity contribution in [1.29, 1.82) is 0 Å². The number of ketones is 1. The van der Waals surface area contributed by atoms with E-state index in [0.29, 0.717) is 32.5 Å². The first-order chi connectivity index (χ1) is 16.3. The minimum Gasteiger partial charge on any atom is -0.493 e. The summed E-state index contributed by atoms with van der Waals surface area (Å²) in [6.07, 6.45) is 1.86. The Hall–Kier alpha value is -3.17. The van der Waals surface area contributed by atoms with Crippen molar-refractivity contribution >= 4 is 51.9 Å². The van der Waals surface area contributed by atoms with Crippen LogP contribution < -0.4 is 9.47 Å². The van der Waals surface area contributed by atoms with E-state index >= 15 is 0 Å². The zero-order valence-corrected chi connectivity index (χ0v) is 20.7. The molecule has 0 bridgehead atoms. The second-order valence-corrected chi connectivity index (χ2v) is 9.66. The topological polar surface area (TPSA) is 91.3 Å². The summed E-state index contributed by atoms with van der Waals surface area (Å²) in [4.78, 5) is 44.3. The smallest absolute Gasteiger partial charge is 0.336 e. The van der Waals surface area contributed by atoms with Crippen molar-refractivity contribution in [2.75, 3.05) is 13.7 Å². The number of hydrogen-bond donors (Lipinski definition) is 0. The van der Waals surface area contributed by atoms with Crippen molar-refractivity contribution in [2.45, 2.75) is 26.7 Å². The van der Waals surface area contributed by atoms with E-state index in [2.05, 4.69) is 4.99 Å². The molecule has 1 fully saturated rings. The molecule has 0 aliphatic carbocycles. The molecule has 1 aromatic heterocycles. The summed E-state index contributed by atoms with van der Waals surface area (Å²) in [5.74, 6) is -1.79. The van der Waals surface area contributed by atoms with Gasteiger partial charge in [0.05, 0.1) is 35.2 Å². The monoisotopic (exact) mass is 497 g/mol. The van der Waals surface area contributed by atoms with Gasteiger partial charge in [0.25, 0.3) is 0 Å². The Kier molecular flexibility index (Phi) is 7.04. The highest BCUT2D eigenvalue weighted by Crippen LogP contribution is 2.50. The van der Waals surface area contributed by atoms with Crippen LogP contribution in [0.15, 0.2) is 56.9 Å². The van der Waals surface area contributed by atoms with Crippen LogP contribution in [-0.4, -0.2) is 36.5 Å². The van der Waals surface area contributed by atoms with Gasteiger partial charge in [-0.15, -0.1) is 11.3 Å². The fourth-order valence-electron chi connectivity index (χ4n) is 4.06. The van der Waals surface area contributed by atoms with Gasteiger partial charge < -0.3 is 14.2 Å². The fraction of sp³-hybridized carbons (Fsp3) is 0.280. The molecule has 1 aromatic carbocycles. The maximum Gasteiger partial charge on any atom is 0.336 e. The molecule has 3 heterocycles. The van der Waals surface area contributed by atoms with E-state index in [1.165, 1.54) is 25.8 Å². The second-order valence-electron chi connectivity index (χ2n) is 7.62. The SMILES string of the molecule is CCOC(=O)C1=C(C)N=C2S/C(=C/c3cccs3)C(=O)C2C1c1ccc(OC(C)=O)c(OC)c1. The van der Waals surface area contributed by atoms with Crippen LogP contribution in [0.3, 0.4) is 0 Å². The maximum atomic E-state index is 13.6.